The molecule has 2 aromatic rings. The van der Waals surface area contributed by atoms with E-state index in [4.69, 9.17) is 4.74 Å². The van der Waals surface area contributed by atoms with Crippen molar-refractivity contribution in [2.24, 2.45) is 0 Å². The van der Waals surface area contributed by atoms with Gasteiger partial charge in [0.15, 0.2) is 11.5 Å². The van der Waals surface area contributed by atoms with Crippen molar-refractivity contribution >= 4 is 17.4 Å². The topological polar surface area (TPSA) is 70.6 Å². The number of nitrogens with one attached hydrogen (secondary N) is 1. The Hall–Kier alpha value is -2.67. The van der Waals surface area contributed by atoms with Gasteiger partial charge in [0.2, 0.25) is 0 Å². The highest BCUT2D eigenvalue weighted by Gasteiger charge is 2.21. The first-order chi connectivity index (χ1) is 11.7. The summed E-state index contributed by atoms with van der Waals surface area (Å²) >= 11 is 0. The second kappa shape index (κ2) is 7.27. The molecule has 1 amide bonds. The first-order valence-corrected chi connectivity index (χ1v) is 7.88. The number of benzene rings is 1. The lowest BCUT2D eigenvalue weighted by Gasteiger charge is -2.32. The van der Waals surface area contributed by atoms with Gasteiger partial charge < -0.3 is 19.9 Å². The second-order valence-corrected chi connectivity index (χ2v) is 5.75. The molecule has 126 valence electrons. The Morgan fingerprint density at radius 3 is 2.33 bits per heavy atom. The van der Waals surface area contributed by atoms with Crippen LogP contribution in [0.4, 0.5) is 11.5 Å². The van der Waals surface area contributed by atoms with Crippen molar-refractivity contribution in [3.05, 3.63) is 42.1 Å². The average Bonchev–Trinajstić information content (AvgIpc) is 2.63. The summed E-state index contributed by atoms with van der Waals surface area (Å²) in [7, 11) is 3.69. The van der Waals surface area contributed by atoms with Crippen LogP contribution in [-0.2, 0) is 0 Å². The second-order valence-electron chi connectivity index (χ2n) is 5.75. The van der Waals surface area contributed by atoms with Crippen LogP contribution in [0.25, 0.3) is 0 Å². The molecule has 1 aromatic heterocycles. The third-order valence-electron chi connectivity index (χ3n) is 4.04. The van der Waals surface area contributed by atoms with E-state index in [0.717, 1.165) is 37.6 Å². The van der Waals surface area contributed by atoms with Gasteiger partial charge in [0.1, 0.15) is 5.75 Å². The van der Waals surface area contributed by atoms with Gasteiger partial charge in [-0.1, -0.05) is 0 Å². The molecule has 0 saturated carbocycles. The van der Waals surface area contributed by atoms with Crippen LogP contribution >= 0.6 is 0 Å². The maximum Gasteiger partial charge on any atom is 0.274 e. The van der Waals surface area contributed by atoms with Crippen LogP contribution in [0.5, 0.6) is 5.75 Å². The number of nitrogens with zero attached hydrogens (tertiary/aromatic N) is 4. The standard InChI is InChI=1S/C17H21N5O2/c1-21-9-11-22(12-10-21)17(23)15-7-8-16(20-19-15)18-13-3-5-14(24-2)6-4-13/h3-8H,9-12H2,1-2H3,(H,18,20). The monoisotopic (exact) mass is 327 g/mol. The number of piperazine rings is 1. The van der Waals surface area contributed by atoms with Gasteiger partial charge in [-0.2, -0.15) is 0 Å². The Kier molecular flexibility index (Phi) is 4.90. The van der Waals surface area contributed by atoms with Crippen LogP contribution in [-0.4, -0.2) is 66.2 Å². The number of likely N-dealkylation sites (N-methyl/N-ethyl adjacent to an activating group) is 1. The molecule has 7 nitrogen and oxygen atoms in total. The molecule has 1 aliphatic rings. The highest BCUT2D eigenvalue weighted by Crippen LogP contribution is 2.18. The number of amides is 1. The predicted molar refractivity (Wildman–Crippen MR) is 91.7 cm³/mol. The molecule has 1 N–H and O–H groups in total. The van der Waals surface area contributed by atoms with Crippen LogP contribution < -0.4 is 10.1 Å². The molecule has 0 bridgehead atoms. The summed E-state index contributed by atoms with van der Waals surface area (Å²) in [6.07, 6.45) is 0. The number of hydrogen-bond donors (Lipinski definition) is 1. The normalized spacial score (nSPS) is 15.2. The third kappa shape index (κ3) is 3.80. The lowest BCUT2D eigenvalue weighted by atomic mass is 10.2. The maximum atomic E-state index is 12.4. The summed E-state index contributed by atoms with van der Waals surface area (Å²) in [5, 5.41) is 11.3. The fourth-order valence-electron chi connectivity index (χ4n) is 2.51. The van der Waals surface area contributed by atoms with Crippen LogP contribution in [0.15, 0.2) is 36.4 Å². The summed E-state index contributed by atoms with van der Waals surface area (Å²) < 4.78 is 5.12. The zero-order valence-electron chi connectivity index (χ0n) is 13.9. The van der Waals surface area contributed by atoms with E-state index >= 15 is 0 Å². The Labute approximate surface area is 141 Å². The number of carbonyl (C=O) groups is 1. The molecule has 0 spiro atoms. The number of carbonyl (C=O) groups excluding carboxylic acids is 1. The van der Waals surface area contributed by atoms with E-state index in [0.29, 0.717) is 11.5 Å². The molecule has 3 rings (SSSR count). The quantitative estimate of drug-likeness (QED) is 0.920. The first-order valence-electron chi connectivity index (χ1n) is 7.88. The van der Waals surface area contributed by atoms with Crippen molar-refractivity contribution < 1.29 is 9.53 Å². The van der Waals surface area contributed by atoms with Crippen LogP contribution in [0, 0.1) is 0 Å². The molecule has 0 radical (unpaired) electrons. The Bertz CT molecular complexity index is 679. The van der Waals surface area contributed by atoms with Crippen molar-refractivity contribution in [1.29, 1.82) is 0 Å². The van der Waals surface area contributed by atoms with Crippen molar-refractivity contribution in [2.45, 2.75) is 0 Å². The number of ether oxygens (including phenoxy) is 1. The fourth-order valence-corrected chi connectivity index (χ4v) is 2.51. The molecule has 1 aliphatic heterocycles. The predicted octanol–water partition coefficient (Wildman–Crippen LogP) is 1.62. The minimum atomic E-state index is -0.0633. The average molecular weight is 327 g/mol. The van der Waals surface area contributed by atoms with E-state index in [1.807, 2.05) is 29.2 Å². The minimum Gasteiger partial charge on any atom is -0.497 e. The van der Waals surface area contributed by atoms with E-state index in [2.05, 4.69) is 27.5 Å². The highest BCUT2D eigenvalue weighted by molar-refractivity contribution is 5.92. The van der Waals surface area contributed by atoms with Crippen LogP contribution in [0.1, 0.15) is 10.5 Å². The van der Waals surface area contributed by atoms with Crippen molar-refractivity contribution in [1.82, 2.24) is 20.0 Å². The summed E-state index contributed by atoms with van der Waals surface area (Å²) in [4.78, 5) is 16.4. The molecule has 1 fully saturated rings. The van der Waals surface area contributed by atoms with Gasteiger partial charge in [-0.3, -0.25) is 4.79 Å². The molecular weight excluding hydrogens is 306 g/mol. The molecule has 24 heavy (non-hydrogen) atoms. The van der Waals surface area contributed by atoms with E-state index in [-0.39, 0.29) is 5.91 Å². The van der Waals surface area contributed by atoms with Gasteiger partial charge >= 0.3 is 0 Å². The summed E-state index contributed by atoms with van der Waals surface area (Å²) in [6, 6.07) is 11.0. The SMILES string of the molecule is COc1ccc(Nc2ccc(C(=O)N3CCN(C)CC3)nn2)cc1. The molecular formula is C17H21N5O2. The van der Waals surface area contributed by atoms with Gasteiger partial charge in [-0.05, 0) is 43.4 Å². The third-order valence-corrected chi connectivity index (χ3v) is 4.04. The lowest BCUT2D eigenvalue weighted by molar-refractivity contribution is 0.0657. The van der Waals surface area contributed by atoms with Gasteiger partial charge in [0.05, 0.1) is 7.11 Å². The lowest BCUT2D eigenvalue weighted by Crippen LogP contribution is -2.47. The molecule has 0 atom stereocenters. The molecule has 7 heteroatoms. The van der Waals surface area contributed by atoms with Crippen molar-refractivity contribution in [2.75, 3.05) is 45.7 Å². The maximum absolute atomic E-state index is 12.4. The molecule has 2 heterocycles. The smallest absolute Gasteiger partial charge is 0.274 e. The summed E-state index contributed by atoms with van der Waals surface area (Å²) in [5.41, 5.74) is 1.25. The Balaban J connectivity index is 1.63. The number of methoxy groups -OCH3 is 1. The molecule has 1 aromatic carbocycles. The van der Waals surface area contributed by atoms with Gasteiger partial charge in [0, 0.05) is 31.9 Å². The fraction of sp³-hybridized carbons (Fsp3) is 0.353. The number of aromatic nitrogens is 2. The molecule has 0 aliphatic carbocycles. The van der Waals surface area contributed by atoms with Gasteiger partial charge in [-0.25, -0.2) is 0 Å². The summed E-state index contributed by atoms with van der Waals surface area (Å²) in [6.45, 7) is 3.22. The largest absolute Gasteiger partial charge is 0.497 e. The summed E-state index contributed by atoms with van der Waals surface area (Å²) in [5.74, 6) is 1.32. The number of hydrogen-bond acceptors (Lipinski definition) is 6. The number of rotatable bonds is 4. The Morgan fingerprint density at radius 2 is 1.75 bits per heavy atom. The van der Waals surface area contributed by atoms with E-state index in [1.165, 1.54) is 0 Å². The number of anilines is 2. The Morgan fingerprint density at radius 1 is 1.04 bits per heavy atom. The van der Waals surface area contributed by atoms with Gasteiger partial charge in [0.25, 0.3) is 5.91 Å². The van der Waals surface area contributed by atoms with Crippen molar-refractivity contribution in [3.63, 3.8) is 0 Å². The first kappa shape index (κ1) is 16.2. The molecule has 0 unspecified atom stereocenters. The van der Waals surface area contributed by atoms with Crippen molar-refractivity contribution in [3.8, 4) is 5.75 Å². The molecule has 1 saturated heterocycles. The zero-order chi connectivity index (χ0) is 16.9. The van der Waals surface area contributed by atoms with Crippen LogP contribution in [0.2, 0.25) is 0 Å². The van der Waals surface area contributed by atoms with Crippen LogP contribution in [0.3, 0.4) is 0 Å². The van der Waals surface area contributed by atoms with E-state index < -0.39 is 0 Å². The van der Waals surface area contributed by atoms with E-state index in [9.17, 15) is 4.79 Å². The minimum absolute atomic E-state index is 0.0633. The zero-order valence-corrected chi connectivity index (χ0v) is 13.9. The van der Waals surface area contributed by atoms with Gasteiger partial charge in [-0.15, -0.1) is 10.2 Å². The highest BCUT2D eigenvalue weighted by atomic mass is 16.5. The van der Waals surface area contributed by atoms with E-state index in [1.54, 1.807) is 19.2 Å².